The zero-order chi connectivity index (χ0) is 14.1. The molecule has 108 valence electrons. The Morgan fingerprint density at radius 2 is 2.30 bits per heavy atom. The Hall–Kier alpha value is -1.62. The molecule has 3 unspecified atom stereocenters. The first-order valence-electron chi connectivity index (χ1n) is 7.05. The summed E-state index contributed by atoms with van der Waals surface area (Å²) in [7, 11) is 1.41. The van der Waals surface area contributed by atoms with Crippen molar-refractivity contribution in [1.29, 1.82) is 0 Å². The zero-order valence-corrected chi connectivity index (χ0v) is 11.5. The molecule has 1 aromatic rings. The van der Waals surface area contributed by atoms with Crippen LogP contribution in [-0.2, 0) is 0 Å². The van der Waals surface area contributed by atoms with E-state index in [2.05, 4.69) is 10.6 Å². The van der Waals surface area contributed by atoms with E-state index in [1.807, 2.05) is 0 Å². The summed E-state index contributed by atoms with van der Waals surface area (Å²) < 4.78 is 18.5. The monoisotopic (exact) mass is 278 g/mol. The lowest BCUT2D eigenvalue weighted by molar-refractivity contribution is 0.0867. The maximum absolute atomic E-state index is 13.6. The molecule has 5 heteroatoms. The average Bonchev–Trinajstić information content (AvgIpc) is 2.48. The molecular formula is C15H19FN2O2. The van der Waals surface area contributed by atoms with Gasteiger partial charge in [0.15, 0.2) is 11.6 Å². The van der Waals surface area contributed by atoms with Crippen molar-refractivity contribution in [3.63, 3.8) is 0 Å². The maximum Gasteiger partial charge on any atom is 0.251 e. The summed E-state index contributed by atoms with van der Waals surface area (Å²) in [4.78, 5) is 12.2. The van der Waals surface area contributed by atoms with Gasteiger partial charge in [0, 0.05) is 17.6 Å². The van der Waals surface area contributed by atoms with Crippen LogP contribution in [0.5, 0.6) is 5.75 Å². The second-order valence-corrected chi connectivity index (χ2v) is 5.62. The number of carbonyl (C=O) groups excluding carboxylic acids is 1. The lowest BCUT2D eigenvalue weighted by atomic mass is 9.78. The van der Waals surface area contributed by atoms with Crippen molar-refractivity contribution in [2.24, 2.45) is 5.92 Å². The third-order valence-corrected chi connectivity index (χ3v) is 4.36. The summed E-state index contributed by atoms with van der Waals surface area (Å²) in [5.74, 6) is 0.0761. The minimum atomic E-state index is -0.511. The van der Waals surface area contributed by atoms with Gasteiger partial charge in [-0.15, -0.1) is 0 Å². The summed E-state index contributed by atoms with van der Waals surface area (Å²) in [5, 5.41) is 6.47. The van der Waals surface area contributed by atoms with Gasteiger partial charge in [0.2, 0.25) is 0 Å². The highest BCUT2D eigenvalue weighted by Crippen LogP contribution is 2.29. The predicted octanol–water partition coefficient (Wildman–Crippen LogP) is 1.70. The van der Waals surface area contributed by atoms with Gasteiger partial charge in [-0.2, -0.15) is 0 Å². The van der Waals surface area contributed by atoms with Crippen LogP contribution < -0.4 is 15.4 Å². The van der Waals surface area contributed by atoms with Crippen molar-refractivity contribution in [3.8, 4) is 5.75 Å². The number of benzene rings is 1. The van der Waals surface area contributed by atoms with E-state index in [0.717, 1.165) is 19.4 Å². The lowest BCUT2D eigenvalue weighted by Crippen LogP contribution is -2.59. The number of nitrogens with one attached hydrogen (secondary N) is 2. The number of rotatable bonds is 3. The first-order chi connectivity index (χ1) is 9.67. The molecule has 3 atom stereocenters. The number of amides is 1. The topological polar surface area (TPSA) is 50.4 Å². The summed E-state index contributed by atoms with van der Waals surface area (Å²) in [6, 6.07) is 4.80. The summed E-state index contributed by atoms with van der Waals surface area (Å²) in [6.45, 7) is 1.05. The van der Waals surface area contributed by atoms with E-state index < -0.39 is 5.82 Å². The third kappa shape index (κ3) is 2.50. The Bertz CT molecular complexity index is 513. The van der Waals surface area contributed by atoms with Crippen LogP contribution in [0.1, 0.15) is 29.6 Å². The summed E-state index contributed by atoms with van der Waals surface area (Å²) in [6.07, 6.45) is 3.36. The van der Waals surface area contributed by atoms with E-state index in [-0.39, 0.29) is 17.7 Å². The van der Waals surface area contributed by atoms with Crippen LogP contribution in [0, 0.1) is 11.7 Å². The standard InChI is InChI=1S/C15H19FN2O2/c1-20-14-5-3-10(7-11(14)16)15(19)18-13-6-9-2-4-12(13)17-8-9/h3,5,7,9,12-13,17H,2,4,6,8H2,1H3,(H,18,19). The molecule has 4 nitrogen and oxygen atoms in total. The highest BCUT2D eigenvalue weighted by molar-refractivity contribution is 5.94. The number of methoxy groups -OCH3 is 1. The highest BCUT2D eigenvalue weighted by atomic mass is 19.1. The van der Waals surface area contributed by atoms with Gasteiger partial charge in [-0.1, -0.05) is 0 Å². The molecule has 3 aliphatic rings. The zero-order valence-electron chi connectivity index (χ0n) is 11.5. The number of hydrogen-bond donors (Lipinski definition) is 2. The number of ether oxygens (including phenoxy) is 1. The van der Waals surface area contributed by atoms with Gasteiger partial charge in [0.05, 0.1) is 7.11 Å². The van der Waals surface area contributed by atoms with Crippen molar-refractivity contribution < 1.29 is 13.9 Å². The van der Waals surface area contributed by atoms with Gasteiger partial charge in [0.25, 0.3) is 5.91 Å². The molecule has 1 aliphatic carbocycles. The van der Waals surface area contributed by atoms with Crippen molar-refractivity contribution in [2.45, 2.75) is 31.3 Å². The molecule has 2 N–H and O–H groups in total. The molecule has 2 heterocycles. The number of halogens is 1. The van der Waals surface area contributed by atoms with E-state index in [1.165, 1.54) is 25.7 Å². The Labute approximate surface area is 117 Å². The first kappa shape index (κ1) is 13.4. The molecule has 20 heavy (non-hydrogen) atoms. The second-order valence-electron chi connectivity index (χ2n) is 5.62. The van der Waals surface area contributed by atoms with Crippen LogP contribution in [0.2, 0.25) is 0 Å². The van der Waals surface area contributed by atoms with Crippen LogP contribution >= 0.6 is 0 Å². The third-order valence-electron chi connectivity index (χ3n) is 4.36. The van der Waals surface area contributed by atoms with Gasteiger partial charge < -0.3 is 15.4 Å². The normalized spacial score (nSPS) is 28.2. The second kappa shape index (κ2) is 5.40. The van der Waals surface area contributed by atoms with Crippen LogP contribution in [0.15, 0.2) is 18.2 Å². The highest BCUT2D eigenvalue weighted by Gasteiger charge is 2.36. The first-order valence-corrected chi connectivity index (χ1v) is 7.05. The largest absolute Gasteiger partial charge is 0.494 e. The Balaban J connectivity index is 1.68. The molecule has 1 amide bonds. The lowest BCUT2D eigenvalue weighted by Gasteiger charge is -2.43. The number of fused-ring (bicyclic) bond motifs is 3. The van der Waals surface area contributed by atoms with Crippen molar-refractivity contribution in [1.82, 2.24) is 10.6 Å². The number of hydrogen-bond acceptors (Lipinski definition) is 3. The Kier molecular flexibility index (Phi) is 3.61. The van der Waals surface area contributed by atoms with Crippen molar-refractivity contribution in [2.75, 3.05) is 13.7 Å². The van der Waals surface area contributed by atoms with Crippen LogP contribution in [0.4, 0.5) is 4.39 Å². The van der Waals surface area contributed by atoms with Gasteiger partial charge in [-0.05, 0) is 49.9 Å². The minimum Gasteiger partial charge on any atom is -0.494 e. The van der Waals surface area contributed by atoms with Gasteiger partial charge in [0.1, 0.15) is 0 Å². The summed E-state index contributed by atoms with van der Waals surface area (Å²) in [5.41, 5.74) is 0.338. The number of carbonyl (C=O) groups is 1. The smallest absolute Gasteiger partial charge is 0.251 e. The Morgan fingerprint density at radius 3 is 2.85 bits per heavy atom. The molecule has 0 aromatic heterocycles. The van der Waals surface area contributed by atoms with Crippen molar-refractivity contribution in [3.05, 3.63) is 29.6 Å². The SMILES string of the molecule is COc1ccc(C(=O)NC2CC3CCC2NC3)cc1F. The molecule has 0 radical (unpaired) electrons. The van der Waals surface area contributed by atoms with E-state index in [1.54, 1.807) is 6.07 Å². The molecule has 1 saturated carbocycles. The molecule has 3 fully saturated rings. The molecule has 2 saturated heterocycles. The van der Waals surface area contributed by atoms with E-state index in [0.29, 0.717) is 17.5 Å². The minimum absolute atomic E-state index is 0.153. The van der Waals surface area contributed by atoms with Gasteiger partial charge in [-0.25, -0.2) is 4.39 Å². The van der Waals surface area contributed by atoms with Crippen LogP contribution in [0.25, 0.3) is 0 Å². The number of piperidine rings is 2. The maximum atomic E-state index is 13.6. The molecule has 2 aliphatic heterocycles. The molecular weight excluding hydrogens is 259 g/mol. The quantitative estimate of drug-likeness (QED) is 0.885. The van der Waals surface area contributed by atoms with Crippen LogP contribution in [0.3, 0.4) is 0 Å². The van der Waals surface area contributed by atoms with Gasteiger partial charge >= 0.3 is 0 Å². The van der Waals surface area contributed by atoms with E-state index in [9.17, 15) is 9.18 Å². The summed E-state index contributed by atoms with van der Waals surface area (Å²) >= 11 is 0. The molecule has 0 spiro atoms. The van der Waals surface area contributed by atoms with Gasteiger partial charge in [-0.3, -0.25) is 4.79 Å². The predicted molar refractivity (Wildman–Crippen MR) is 73.3 cm³/mol. The fourth-order valence-electron chi connectivity index (χ4n) is 3.22. The fraction of sp³-hybridized carbons (Fsp3) is 0.533. The molecule has 2 bridgehead atoms. The molecule has 4 rings (SSSR count). The molecule has 1 aromatic carbocycles. The van der Waals surface area contributed by atoms with Crippen molar-refractivity contribution >= 4 is 5.91 Å². The average molecular weight is 278 g/mol. The van der Waals surface area contributed by atoms with Crippen LogP contribution in [-0.4, -0.2) is 31.6 Å². The fourth-order valence-corrected chi connectivity index (χ4v) is 3.22. The van der Waals surface area contributed by atoms with E-state index >= 15 is 0 Å². The Morgan fingerprint density at radius 1 is 1.45 bits per heavy atom. The van der Waals surface area contributed by atoms with E-state index in [4.69, 9.17) is 4.74 Å².